The molecular formula is C22H26N2O2. The molecule has 1 fully saturated rings. The molecule has 4 nitrogen and oxygen atoms in total. The van der Waals surface area contributed by atoms with Gasteiger partial charge in [-0.15, -0.1) is 0 Å². The summed E-state index contributed by atoms with van der Waals surface area (Å²) in [5, 5.41) is 3.04. The molecule has 0 aromatic heterocycles. The van der Waals surface area contributed by atoms with Gasteiger partial charge in [0.2, 0.25) is 5.91 Å². The number of rotatable bonds is 7. The van der Waals surface area contributed by atoms with Crippen molar-refractivity contribution < 1.29 is 9.59 Å². The van der Waals surface area contributed by atoms with Crippen molar-refractivity contribution in [2.24, 2.45) is 0 Å². The summed E-state index contributed by atoms with van der Waals surface area (Å²) in [6.07, 6.45) is 2.58. The number of likely N-dealkylation sites (tertiary alicyclic amines) is 1. The van der Waals surface area contributed by atoms with Crippen LogP contribution >= 0.6 is 0 Å². The second kappa shape index (κ2) is 8.65. The maximum Gasteiger partial charge on any atom is 0.251 e. The van der Waals surface area contributed by atoms with Crippen LogP contribution in [0.4, 0.5) is 0 Å². The summed E-state index contributed by atoms with van der Waals surface area (Å²) < 4.78 is 0. The molecule has 1 N–H and O–H groups in total. The summed E-state index contributed by atoms with van der Waals surface area (Å²) >= 11 is 0. The molecule has 0 aliphatic carbocycles. The number of hydrogen-bond acceptors (Lipinski definition) is 2. The molecule has 0 saturated carbocycles. The molecule has 2 amide bonds. The second-order valence-electron chi connectivity index (χ2n) is 6.84. The van der Waals surface area contributed by atoms with Crippen LogP contribution < -0.4 is 5.32 Å². The highest BCUT2D eigenvalue weighted by Gasteiger charge is 2.20. The van der Waals surface area contributed by atoms with Crippen LogP contribution in [0.3, 0.4) is 0 Å². The molecule has 1 heterocycles. The number of carbonyl (C=O) groups is 2. The molecule has 2 aromatic rings. The molecule has 4 heteroatoms. The van der Waals surface area contributed by atoms with Crippen LogP contribution in [-0.2, 0) is 11.3 Å². The predicted molar refractivity (Wildman–Crippen MR) is 103 cm³/mol. The lowest BCUT2D eigenvalue weighted by Gasteiger charge is -2.17. The molecule has 2 aromatic carbocycles. The van der Waals surface area contributed by atoms with Crippen LogP contribution in [0.5, 0.6) is 0 Å². The first kappa shape index (κ1) is 18.2. The fourth-order valence-electron chi connectivity index (χ4n) is 3.39. The van der Waals surface area contributed by atoms with Crippen molar-refractivity contribution in [3.63, 3.8) is 0 Å². The fraction of sp³-hybridized carbons (Fsp3) is 0.364. The lowest BCUT2D eigenvalue weighted by molar-refractivity contribution is -0.128. The zero-order chi connectivity index (χ0) is 18.4. The van der Waals surface area contributed by atoms with E-state index >= 15 is 0 Å². The minimum atomic E-state index is -0.0526. The average Bonchev–Trinajstić information content (AvgIpc) is 3.08. The summed E-state index contributed by atoms with van der Waals surface area (Å²) in [4.78, 5) is 26.0. The van der Waals surface area contributed by atoms with E-state index in [0.717, 1.165) is 24.9 Å². The number of carbonyl (C=O) groups excluding carboxylic acids is 2. The number of nitrogens with one attached hydrogen (secondary N) is 1. The normalized spacial score (nSPS) is 15.1. The Labute approximate surface area is 155 Å². The van der Waals surface area contributed by atoms with Crippen LogP contribution in [0, 0.1) is 0 Å². The van der Waals surface area contributed by atoms with E-state index in [0.29, 0.717) is 31.0 Å². The van der Waals surface area contributed by atoms with E-state index < -0.39 is 0 Å². The summed E-state index contributed by atoms with van der Waals surface area (Å²) in [6.45, 7) is 4.23. The lowest BCUT2D eigenvalue weighted by Crippen LogP contribution is -2.28. The Morgan fingerprint density at radius 1 is 1.12 bits per heavy atom. The van der Waals surface area contributed by atoms with Gasteiger partial charge in [0.25, 0.3) is 5.91 Å². The number of benzene rings is 2. The summed E-state index contributed by atoms with van der Waals surface area (Å²) in [6, 6.07) is 17.8. The van der Waals surface area contributed by atoms with Crippen molar-refractivity contribution in [3.8, 4) is 0 Å². The number of hydrogen-bond donors (Lipinski definition) is 1. The molecule has 136 valence electrons. The Morgan fingerprint density at radius 2 is 1.85 bits per heavy atom. The zero-order valence-electron chi connectivity index (χ0n) is 15.3. The van der Waals surface area contributed by atoms with Crippen molar-refractivity contribution in [1.82, 2.24) is 10.2 Å². The van der Waals surface area contributed by atoms with Gasteiger partial charge in [-0.2, -0.15) is 0 Å². The second-order valence-corrected chi connectivity index (χ2v) is 6.84. The van der Waals surface area contributed by atoms with Crippen molar-refractivity contribution in [2.45, 2.75) is 38.6 Å². The largest absolute Gasteiger partial charge is 0.351 e. The molecule has 26 heavy (non-hydrogen) atoms. The quantitative estimate of drug-likeness (QED) is 0.827. The van der Waals surface area contributed by atoms with E-state index in [1.807, 2.05) is 47.4 Å². The van der Waals surface area contributed by atoms with Crippen LogP contribution in [0.1, 0.15) is 53.6 Å². The summed E-state index contributed by atoms with van der Waals surface area (Å²) in [5.74, 6) is 0.488. The van der Waals surface area contributed by atoms with E-state index in [2.05, 4.69) is 24.4 Å². The summed E-state index contributed by atoms with van der Waals surface area (Å²) in [7, 11) is 0. The minimum Gasteiger partial charge on any atom is -0.351 e. The molecule has 0 spiro atoms. The van der Waals surface area contributed by atoms with Crippen LogP contribution in [0.2, 0.25) is 0 Å². The summed E-state index contributed by atoms with van der Waals surface area (Å²) in [5.41, 5.74) is 2.97. The van der Waals surface area contributed by atoms with Gasteiger partial charge < -0.3 is 10.2 Å². The Kier molecular flexibility index (Phi) is 6.05. The highest BCUT2D eigenvalue weighted by Crippen LogP contribution is 2.18. The Hall–Kier alpha value is -2.62. The molecule has 0 bridgehead atoms. The SMILES string of the molecule is CC[C@H](CNC(=O)c1ccc(CN2CCCC2=O)cc1)c1ccccc1. The number of amides is 2. The fourth-order valence-corrected chi connectivity index (χ4v) is 3.39. The Morgan fingerprint density at radius 3 is 2.46 bits per heavy atom. The maximum atomic E-state index is 12.4. The van der Waals surface area contributed by atoms with Crippen LogP contribution in [-0.4, -0.2) is 29.8 Å². The number of nitrogens with zero attached hydrogens (tertiary/aromatic N) is 1. The van der Waals surface area contributed by atoms with E-state index in [1.165, 1.54) is 5.56 Å². The van der Waals surface area contributed by atoms with Gasteiger partial charge in [-0.1, -0.05) is 49.4 Å². The maximum absolute atomic E-state index is 12.4. The van der Waals surface area contributed by atoms with Crippen molar-refractivity contribution in [2.75, 3.05) is 13.1 Å². The first-order chi connectivity index (χ1) is 12.7. The van der Waals surface area contributed by atoms with Crippen LogP contribution in [0.15, 0.2) is 54.6 Å². The zero-order valence-corrected chi connectivity index (χ0v) is 15.3. The molecule has 1 saturated heterocycles. The molecule has 0 unspecified atom stereocenters. The van der Waals surface area contributed by atoms with E-state index in [1.54, 1.807) is 0 Å². The van der Waals surface area contributed by atoms with E-state index in [4.69, 9.17) is 0 Å². The molecule has 0 radical (unpaired) electrons. The third kappa shape index (κ3) is 4.51. The van der Waals surface area contributed by atoms with E-state index in [9.17, 15) is 9.59 Å². The van der Waals surface area contributed by atoms with Crippen molar-refractivity contribution in [3.05, 3.63) is 71.3 Å². The van der Waals surface area contributed by atoms with Gasteiger partial charge in [0.05, 0.1) is 0 Å². The minimum absolute atomic E-state index is 0.0526. The third-order valence-electron chi connectivity index (χ3n) is 5.03. The monoisotopic (exact) mass is 350 g/mol. The van der Waals surface area contributed by atoms with Gasteiger partial charge in [0.1, 0.15) is 0 Å². The molecule has 1 aliphatic rings. The molecule has 3 rings (SSSR count). The third-order valence-corrected chi connectivity index (χ3v) is 5.03. The first-order valence-corrected chi connectivity index (χ1v) is 9.37. The topological polar surface area (TPSA) is 49.4 Å². The standard InChI is InChI=1S/C22H26N2O2/c1-2-18(19-7-4-3-5-8-19)15-23-22(26)20-12-10-17(11-13-20)16-24-14-6-9-21(24)25/h3-5,7-8,10-13,18H,2,6,9,14-16H2,1H3,(H,23,26)/t18-/m1/s1. The highest BCUT2D eigenvalue weighted by atomic mass is 16.2. The Bertz CT molecular complexity index is 740. The highest BCUT2D eigenvalue weighted by molar-refractivity contribution is 5.94. The lowest BCUT2D eigenvalue weighted by atomic mass is 9.96. The molecule has 1 aliphatic heterocycles. The smallest absolute Gasteiger partial charge is 0.251 e. The van der Waals surface area contributed by atoms with Crippen molar-refractivity contribution in [1.29, 1.82) is 0 Å². The van der Waals surface area contributed by atoms with E-state index in [-0.39, 0.29) is 11.8 Å². The van der Waals surface area contributed by atoms with Gasteiger partial charge >= 0.3 is 0 Å². The van der Waals surface area contributed by atoms with Crippen LogP contribution in [0.25, 0.3) is 0 Å². The van der Waals surface area contributed by atoms with Gasteiger partial charge in [0, 0.05) is 37.5 Å². The molecular weight excluding hydrogens is 324 g/mol. The van der Waals surface area contributed by atoms with Crippen molar-refractivity contribution >= 4 is 11.8 Å². The molecule has 1 atom stereocenters. The average molecular weight is 350 g/mol. The van der Waals surface area contributed by atoms with Gasteiger partial charge in [-0.05, 0) is 36.1 Å². The van der Waals surface area contributed by atoms with Gasteiger partial charge in [0.15, 0.2) is 0 Å². The van der Waals surface area contributed by atoms with Gasteiger partial charge in [-0.25, -0.2) is 0 Å². The van der Waals surface area contributed by atoms with Gasteiger partial charge in [-0.3, -0.25) is 9.59 Å². The Balaban J connectivity index is 1.55. The predicted octanol–water partition coefficient (Wildman–Crippen LogP) is 3.73. The first-order valence-electron chi connectivity index (χ1n) is 9.37.